The van der Waals surface area contributed by atoms with Gasteiger partial charge in [0.1, 0.15) is 11.6 Å². The summed E-state index contributed by atoms with van der Waals surface area (Å²) in [5.74, 6) is -0.597. The van der Waals surface area contributed by atoms with Gasteiger partial charge < -0.3 is 0 Å². The van der Waals surface area contributed by atoms with Gasteiger partial charge in [-0.25, -0.2) is 8.78 Å². The highest BCUT2D eigenvalue weighted by Crippen LogP contribution is 2.17. The van der Waals surface area contributed by atoms with Crippen LogP contribution in [-0.2, 0) is 0 Å². The third-order valence-electron chi connectivity index (χ3n) is 1.88. The average Bonchev–Trinajstić information content (AvgIpc) is 2.18. The molecule has 0 nitrogen and oxygen atoms in total. The minimum atomic E-state index is -0.543. The van der Waals surface area contributed by atoms with E-state index >= 15 is 0 Å². The summed E-state index contributed by atoms with van der Waals surface area (Å²) in [5, 5.41) is 0. The van der Waals surface area contributed by atoms with Crippen LogP contribution in [0.25, 0.3) is 6.08 Å². The van der Waals surface area contributed by atoms with Crippen LogP contribution in [0.2, 0.25) is 0 Å². The van der Waals surface area contributed by atoms with E-state index in [1.54, 1.807) is 13.0 Å². The minimum absolute atomic E-state index is 0.00937. The van der Waals surface area contributed by atoms with Gasteiger partial charge in [-0.05, 0) is 25.0 Å². The smallest absolute Gasteiger partial charge is 0.136 e. The van der Waals surface area contributed by atoms with Gasteiger partial charge in [-0.2, -0.15) is 0 Å². The SMILES string of the molecule is Cc1ccc(F)c(/C=C/CCCl)c1F. The first-order chi connectivity index (χ1) is 6.66. The van der Waals surface area contributed by atoms with Crippen molar-refractivity contribution in [1.82, 2.24) is 0 Å². The zero-order valence-electron chi connectivity index (χ0n) is 7.86. The topological polar surface area (TPSA) is 0 Å². The van der Waals surface area contributed by atoms with E-state index in [4.69, 9.17) is 11.6 Å². The van der Waals surface area contributed by atoms with Crippen molar-refractivity contribution in [2.24, 2.45) is 0 Å². The lowest BCUT2D eigenvalue weighted by Crippen LogP contribution is -1.91. The number of aryl methyl sites for hydroxylation is 1. The highest BCUT2D eigenvalue weighted by atomic mass is 35.5. The van der Waals surface area contributed by atoms with Crippen LogP contribution in [0.4, 0.5) is 8.78 Å². The second-order valence-corrected chi connectivity index (χ2v) is 3.35. The Labute approximate surface area is 87.2 Å². The van der Waals surface area contributed by atoms with E-state index in [1.807, 2.05) is 0 Å². The fourth-order valence-electron chi connectivity index (χ4n) is 1.10. The molecule has 0 radical (unpaired) electrons. The third-order valence-corrected chi connectivity index (χ3v) is 2.10. The third kappa shape index (κ3) is 2.55. The summed E-state index contributed by atoms with van der Waals surface area (Å²) in [4.78, 5) is 0. The van der Waals surface area contributed by atoms with Crippen molar-refractivity contribution in [3.05, 3.63) is 41.0 Å². The molecule has 0 saturated carbocycles. The Morgan fingerprint density at radius 1 is 1.36 bits per heavy atom. The zero-order chi connectivity index (χ0) is 10.6. The predicted molar refractivity (Wildman–Crippen MR) is 55.5 cm³/mol. The van der Waals surface area contributed by atoms with Gasteiger partial charge in [-0.1, -0.05) is 18.2 Å². The lowest BCUT2D eigenvalue weighted by molar-refractivity contribution is 0.573. The molecule has 76 valence electrons. The lowest BCUT2D eigenvalue weighted by Gasteiger charge is -2.01. The molecule has 1 aromatic carbocycles. The van der Waals surface area contributed by atoms with E-state index in [0.29, 0.717) is 17.9 Å². The molecule has 0 N–H and O–H groups in total. The van der Waals surface area contributed by atoms with Crippen LogP contribution in [0.15, 0.2) is 18.2 Å². The molecule has 0 heterocycles. The summed E-state index contributed by atoms with van der Waals surface area (Å²) in [7, 11) is 0. The van der Waals surface area contributed by atoms with Crippen LogP contribution >= 0.6 is 11.6 Å². The molecule has 0 aliphatic rings. The van der Waals surface area contributed by atoms with Gasteiger partial charge in [0.25, 0.3) is 0 Å². The van der Waals surface area contributed by atoms with Crippen LogP contribution < -0.4 is 0 Å². The van der Waals surface area contributed by atoms with Gasteiger partial charge in [0.15, 0.2) is 0 Å². The minimum Gasteiger partial charge on any atom is -0.206 e. The molecular weight excluding hydrogens is 206 g/mol. The molecule has 0 fully saturated rings. The molecule has 0 spiro atoms. The standard InChI is InChI=1S/C11H11ClF2/c1-8-5-6-10(13)9(11(8)14)4-2-3-7-12/h2,4-6H,3,7H2,1H3/b4-2+. The summed E-state index contributed by atoms with van der Waals surface area (Å²) in [6.07, 6.45) is 3.70. The number of benzene rings is 1. The molecule has 0 bridgehead atoms. The Kier molecular flexibility index (Phi) is 4.08. The van der Waals surface area contributed by atoms with E-state index in [-0.39, 0.29) is 5.56 Å². The van der Waals surface area contributed by atoms with Gasteiger partial charge in [0.05, 0.1) is 0 Å². The average molecular weight is 217 g/mol. The molecule has 14 heavy (non-hydrogen) atoms. The Morgan fingerprint density at radius 3 is 2.71 bits per heavy atom. The van der Waals surface area contributed by atoms with E-state index in [2.05, 4.69) is 0 Å². The lowest BCUT2D eigenvalue weighted by atomic mass is 10.1. The monoisotopic (exact) mass is 216 g/mol. The first kappa shape index (κ1) is 11.2. The van der Waals surface area contributed by atoms with Crippen LogP contribution in [0.5, 0.6) is 0 Å². The first-order valence-corrected chi connectivity index (χ1v) is 4.87. The van der Waals surface area contributed by atoms with Crippen molar-refractivity contribution in [3.8, 4) is 0 Å². The summed E-state index contributed by atoms with van der Waals surface area (Å²) >= 11 is 5.44. The molecule has 0 saturated heterocycles. The Morgan fingerprint density at radius 2 is 2.07 bits per heavy atom. The highest BCUT2D eigenvalue weighted by Gasteiger charge is 2.07. The summed E-state index contributed by atoms with van der Waals surface area (Å²) in [6.45, 7) is 1.60. The van der Waals surface area contributed by atoms with Crippen molar-refractivity contribution in [2.45, 2.75) is 13.3 Å². The van der Waals surface area contributed by atoms with Gasteiger partial charge in [0, 0.05) is 11.4 Å². The van der Waals surface area contributed by atoms with Gasteiger partial charge in [0.2, 0.25) is 0 Å². The van der Waals surface area contributed by atoms with Crippen LogP contribution in [0.3, 0.4) is 0 Å². The molecule has 1 aromatic rings. The summed E-state index contributed by atoms with van der Waals surface area (Å²) < 4.78 is 26.5. The quantitative estimate of drug-likeness (QED) is 0.672. The van der Waals surface area contributed by atoms with Gasteiger partial charge in [-0.3, -0.25) is 0 Å². The zero-order valence-corrected chi connectivity index (χ0v) is 8.61. The van der Waals surface area contributed by atoms with Crippen molar-refractivity contribution >= 4 is 17.7 Å². The number of alkyl halides is 1. The molecule has 0 amide bonds. The maximum atomic E-state index is 13.4. The molecule has 0 aliphatic carbocycles. The fourth-order valence-corrected chi connectivity index (χ4v) is 1.22. The molecule has 3 heteroatoms. The van der Waals surface area contributed by atoms with Crippen molar-refractivity contribution in [3.63, 3.8) is 0 Å². The van der Waals surface area contributed by atoms with Crippen LogP contribution in [-0.4, -0.2) is 5.88 Å². The van der Waals surface area contributed by atoms with Crippen molar-refractivity contribution in [1.29, 1.82) is 0 Å². The fraction of sp³-hybridized carbons (Fsp3) is 0.273. The largest absolute Gasteiger partial charge is 0.206 e. The second kappa shape index (κ2) is 5.11. The van der Waals surface area contributed by atoms with Crippen molar-refractivity contribution < 1.29 is 8.78 Å². The highest BCUT2D eigenvalue weighted by molar-refractivity contribution is 6.17. The molecule has 1 rings (SSSR count). The Hall–Kier alpha value is -0.890. The first-order valence-electron chi connectivity index (χ1n) is 4.34. The molecule has 0 aromatic heterocycles. The maximum absolute atomic E-state index is 13.4. The maximum Gasteiger partial charge on any atom is 0.136 e. The van der Waals surface area contributed by atoms with Gasteiger partial charge >= 0.3 is 0 Å². The number of halogens is 3. The Bertz CT molecular complexity index is 345. The molecule has 0 atom stereocenters. The molecule has 0 aliphatic heterocycles. The normalized spacial score (nSPS) is 11.1. The molecule has 0 unspecified atom stereocenters. The Balaban J connectivity index is 3.00. The van der Waals surface area contributed by atoms with E-state index in [9.17, 15) is 8.78 Å². The van der Waals surface area contributed by atoms with Gasteiger partial charge in [-0.15, -0.1) is 11.6 Å². The molecular formula is C11H11ClF2. The number of hydrogen-bond acceptors (Lipinski definition) is 0. The van der Waals surface area contributed by atoms with Crippen LogP contribution in [0, 0.1) is 18.6 Å². The van der Waals surface area contributed by atoms with E-state index in [1.165, 1.54) is 18.2 Å². The van der Waals surface area contributed by atoms with Crippen molar-refractivity contribution in [2.75, 3.05) is 5.88 Å². The number of hydrogen-bond donors (Lipinski definition) is 0. The van der Waals surface area contributed by atoms with E-state index in [0.717, 1.165) is 0 Å². The van der Waals surface area contributed by atoms with E-state index < -0.39 is 11.6 Å². The number of rotatable bonds is 3. The number of allylic oxidation sites excluding steroid dienone is 1. The van der Waals surface area contributed by atoms with Crippen LogP contribution in [0.1, 0.15) is 17.5 Å². The second-order valence-electron chi connectivity index (χ2n) is 2.97. The summed E-state index contributed by atoms with van der Waals surface area (Å²) in [6, 6.07) is 2.68. The summed E-state index contributed by atoms with van der Waals surface area (Å²) in [5.41, 5.74) is 0.451. The predicted octanol–water partition coefficient (Wildman–Crippen LogP) is 3.92.